The standard InChI is InChI=1S/C15H12O3/c1-11-5-7-13(8-6-11)15(17)18-14-4-2-3-12(9-14)10-16/h2-10H,1H3. The van der Waals surface area contributed by atoms with Crippen LogP contribution in [0.3, 0.4) is 0 Å². The van der Waals surface area contributed by atoms with Gasteiger partial charge in [-0.3, -0.25) is 4.79 Å². The lowest BCUT2D eigenvalue weighted by atomic mass is 10.1. The van der Waals surface area contributed by atoms with Gasteiger partial charge in [-0.25, -0.2) is 4.79 Å². The van der Waals surface area contributed by atoms with Gasteiger partial charge in [0.05, 0.1) is 5.56 Å². The summed E-state index contributed by atoms with van der Waals surface area (Å²) in [4.78, 5) is 22.4. The molecule has 0 atom stereocenters. The van der Waals surface area contributed by atoms with Crippen molar-refractivity contribution in [2.24, 2.45) is 0 Å². The fraction of sp³-hybridized carbons (Fsp3) is 0.0667. The van der Waals surface area contributed by atoms with E-state index < -0.39 is 5.97 Å². The lowest BCUT2D eigenvalue weighted by molar-refractivity contribution is 0.0734. The number of aldehydes is 1. The van der Waals surface area contributed by atoms with Crippen molar-refractivity contribution in [1.82, 2.24) is 0 Å². The maximum atomic E-state index is 11.8. The minimum Gasteiger partial charge on any atom is -0.423 e. The van der Waals surface area contributed by atoms with E-state index in [1.165, 1.54) is 6.07 Å². The summed E-state index contributed by atoms with van der Waals surface area (Å²) in [5.74, 6) is -0.0665. The van der Waals surface area contributed by atoms with E-state index in [2.05, 4.69) is 0 Å². The molecule has 3 heteroatoms. The van der Waals surface area contributed by atoms with Gasteiger partial charge < -0.3 is 4.74 Å². The topological polar surface area (TPSA) is 43.4 Å². The van der Waals surface area contributed by atoms with Crippen molar-refractivity contribution in [3.63, 3.8) is 0 Å². The summed E-state index contributed by atoms with van der Waals surface area (Å²) in [6.07, 6.45) is 0.712. The molecule has 90 valence electrons. The number of ether oxygens (including phenoxy) is 1. The summed E-state index contributed by atoms with van der Waals surface area (Å²) in [5, 5.41) is 0. The van der Waals surface area contributed by atoms with Crippen LogP contribution in [0.5, 0.6) is 5.75 Å². The first kappa shape index (κ1) is 12.0. The van der Waals surface area contributed by atoms with Crippen LogP contribution >= 0.6 is 0 Å². The molecule has 0 bridgehead atoms. The number of carbonyl (C=O) groups excluding carboxylic acids is 2. The maximum absolute atomic E-state index is 11.8. The molecule has 0 N–H and O–H groups in total. The first-order chi connectivity index (χ1) is 8.69. The lowest BCUT2D eigenvalue weighted by Gasteiger charge is -2.04. The Kier molecular flexibility index (Phi) is 3.53. The quantitative estimate of drug-likeness (QED) is 0.470. The number of aryl methyl sites for hydroxylation is 1. The molecule has 0 radical (unpaired) electrons. The van der Waals surface area contributed by atoms with Gasteiger partial charge in [-0.15, -0.1) is 0 Å². The summed E-state index contributed by atoms with van der Waals surface area (Å²) >= 11 is 0. The Morgan fingerprint density at radius 1 is 1.11 bits per heavy atom. The second-order valence-corrected chi connectivity index (χ2v) is 3.95. The molecule has 0 aliphatic heterocycles. The maximum Gasteiger partial charge on any atom is 0.343 e. The van der Waals surface area contributed by atoms with Gasteiger partial charge in [0.15, 0.2) is 0 Å². The highest BCUT2D eigenvalue weighted by Crippen LogP contribution is 2.14. The molecule has 0 fully saturated rings. The fourth-order valence-electron chi connectivity index (χ4n) is 1.51. The fourth-order valence-corrected chi connectivity index (χ4v) is 1.51. The predicted octanol–water partition coefficient (Wildman–Crippen LogP) is 3.03. The molecule has 2 rings (SSSR count). The van der Waals surface area contributed by atoms with Gasteiger partial charge in [0.25, 0.3) is 0 Å². The van der Waals surface area contributed by atoms with Crippen molar-refractivity contribution in [2.75, 3.05) is 0 Å². The van der Waals surface area contributed by atoms with Gasteiger partial charge in [-0.05, 0) is 31.2 Å². The molecular formula is C15H12O3. The Bertz CT molecular complexity index is 571. The molecule has 18 heavy (non-hydrogen) atoms. The van der Waals surface area contributed by atoms with Crippen molar-refractivity contribution in [1.29, 1.82) is 0 Å². The summed E-state index contributed by atoms with van der Waals surface area (Å²) in [7, 11) is 0. The average molecular weight is 240 g/mol. The molecule has 3 nitrogen and oxygen atoms in total. The van der Waals surface area contributed by atoms with E-state index in [1.54, 1.807) is 30.3 Å². The van der Waals surface area contributed by atoms with Crippen molar-refractivity contribution >= 4 is 12.3 Å². The van der Waals surface area contributed by atoms with E-state index in [0.29, 0.717) is 23.2 Å². The molecule has 0 heterocycles. The van der Waals surface area contributed by atoms with Crippen LogP contribution in [0.4, 0.5) is 0 Å². The predicted molar refractivity (Wildman–Crippen MR) is 68.0 cm³/mol. The second-order valence-electron chi connectivity index (χ2n) is 3.95. The number of carbonyl (C=O) groups is 2. The number of hydrogen-bond acceptors (Lipinski definition) is 3. The van der Waals surface area contributed by atoms with Gasteiger partial charge >= 0.3 is 5.97 Å². The molecule has 0 unspecified atom stereocenters. The molecule has 0 saturated carbocycles. The van der Waals surface area contributed by atoms with Gasteiger partial charge in [0.1, 0.15) is 12.0 Å². The molecule has 0 amide bonds. The van der Waals surface area contributed by atoms with Crippen LogP contribution in [0, 0.1) is 6.92 Å². The molecule has 0 spiro atoms. The van der Waals surface area contributed by atoms with Gasteiger partial charge in [-0.2, -0.15) is 0 Å². The van der Waals surface area contributed by atoms with Gasteiger partial charge in [0.2, 0.25) is 0 Å². The molecule has 0 aromatic heterocycles. The van der Waals surface area contributed by atoms with Crippen LogP contribution in [0.1, 0.15) is 26.3 Å². The zero-order valence-electron chi connectivity index (χ0n) is 9.92. The number of hydrogen-bond donors (Lipinski definition) is 0. The highest BCUT2D eigenvalue weighted by molar-refractivity contribution is 5.91. The third-order valence-electron chi connectivity index (χ3n) is 2.49. The largest absolute Gasteiger partial charge is 0.423 e. The van der Waals surface area contributed by atoms with E-state index in [1.807, 2.05) is 19.1 Å². The van der Waals surface area contributed by atoms with Crippen molar-refractivity contribution in [2.45, 2.75) is 6.92 Å². The van der Waals surface area contributed by atoms with Crippen LogP contribution in [-0.4, -0.2) is 12.3 Å². The summed E-state index contributed by atoms with van der Waals surface area (Å²) in [6, 6.07) is 13.6. The normalized spacial score (nSPS) is 9.83. The SMILES string of the molecule is Cc1ccc(C(=O)Oc2cccc(C=O)c2)cc1. The third-order valence-corrected chi connectivity index (χ3v) is 2.49. The molecule has 0 aliphatic rings. The first-order valence-electron chi connectivity index (χ1n) is 5.53. The van der Waals surface area contributed by atoms with Crippen molar-refractivity contribution in [3.05, 3.63) is 65.2 Å². The smallest absolute Gasteiger partial charge is 0.343 e. The Morgan fingerprint density at radius 3 is 2.50 bits per heavy atom. The summed E-state index contributed by atoms with van der Waals surface area (Å²) in [6.45, 7) is 1.95. The molecule has 2 aromatic rings. The Labute approximate surface area is 105 Å². The number of benzene rings is 2. The highest BCUT2D eigenvalue weighted by atomic mass is 16.5. The Morgan fingerprint density at radius 2 is 1.83 bits per heavy atom. The molecule has 0 saturated heterocycles. The van der Waals surface area contributed by atoms with E-state index >= 15 is 0 Å². The highest BCUT2D eigenvalue weighted by Gasteiger charge is 2.08. The van der Waals surface area contributed by atoms with Gasteiger partial charge in [0, 0.05) is 5.56 Å². The van der Waals surface area contributed by atoms with E-state index in [0.717, 1.165) is 5.56 Å². The van der Waals surface area contributed by atoms with E-state index in [-0.39, 0.29) is 0 Å². The first-order valence-corrected chi connectivity index (χ1v) is 5.53. The second kappa shape index (κ2) is 5.27. The van der Waals surface area contributed by atoms with E-state index in [4.69, 9.17) is 4.74 Å². The van der Waals surface area contributed by atoms with Crippen LogP contribution in [0.25, 0.3) is 0 Å². The molecular weight excluding hydrogens is 228 g/mol. The Hall–Kier alpha value is -2.42. The van der Waals surface area contributed by atoms with E-state index in [9.17, 15) is 9.59 Å². The minimum absolute atomic E-state index is 0.366. The van der Waals surface area contributed by atoms with Crippen LogP contribution in [0.2, 0.25) is 0 Å². The van der Waals surface area contributed by atoms with Crippen LogP contribution < -0.4 is 4.74 Å². The zero-order valence-corrected chi connectivity index (χ0v) is 9.92. The lowest BCUT2D eigenvalue weighted by Crippen LogP contribution is -2.08. The third kappa shape index (κ3) is 2.83. The summed E-state index contributed by atoms with van der Waals surface area (Å²) < 4.78 is 5.18. The monoisotopic (exact) mass is 240 g/mol. The van der Waals surface area contributed by atoms with Crippen LogP contribution in [-0.2, 0) is 0 Å². The molecule has 0 aliphatic carbocycles. The van der Waals surface area contributed by atoms with Crippen molar-refractivity contribution < 1.29 is 14.3 Å². The van der Waals surface area contributed by atoms with Crippen molar-refractivity contribution in [3.8, 4) is 5.75 Å². The minimum atomic E-state index is -0.432. The van der Waals surface area contributed by atoms with Crippen LogP contribution in [0.15, 0.2) is 48.5 Å². The number of rotatable bonds is 3. The average Bonchev–Trinajstić information content (AvgIpc) is 2.39. The Balaban J connectivity index is 2.15. The molecule has 2 aromatic carbocycles. The van der Waals surface area contributed by atoms with Gasteiger partial charge in [-0.1, -0.05) is 29.8 Å². The number of esters is 1. The zero-order chi connectivity index (χ0) is 13.0. The summed E-state index contributed by atoms with van der Waals surface area (Å²) in [5.41, 5.74) is 2.04.